The molecule has 0 saturated carbocycles. The Morgan fingerprint density at radius 1 is 1.37 bits per heavy atom. The van der Waals surface area contributed by atoms with E-state index in [0.717, 1.165) is 29.7 Å². The zero-order valence-electron chi connectivity index (χ0n) is 9.23. The number of nitrogens with two attached hydrogens (primary N) is 1. The van der Waals surface area contributed by atoms with E-state index < -0.39 is 17.6 Å². The molecule has 1 amide bonds. The number of nitrogen functional groups attached to an aromatic ring is 1. The highest BCUT2D eigenvalue weighted by atomic mass is 32.1. The SMILES string of the molecule is Nc1cc(C(F)(F)F)ccc1NC(=O)c1cnns1. The summed E-state index contributed by atoms with van der Waals surface area (Å²) in [6.45, 7) is 0. The molecule has 0 aliphatic rings. The molecule has 0 unspecified atom stereocenters. The van der Waals surface area contributed by atoms with Gasteiger partial charge in [-0.2, -0.15) is 13.2 Å². The lowest BCUT2D eigenvalue weighted by Gasteiger charge is -2.11. The van der Waals surface area contributed by atoms with Crippen LogP contribution in [0.4, 0.5) is 24.5 Å². The van der Waals surface area contributed by atoms with Crippen molar-refractivity contribution in [1.29, 1.82) is 0 Å². The van der Waals surface area contributed by atoms with E-state index in [4.69, 9.17) is 5.73 Å². The number of rotatable bonds is 2. The van der Waals surface area contributed by atoms with Crippen LogP contribution in [-0.4, -0.2) is 15.5 Å². The fraction of sp³-hybridized carbons (Fsp3) is 0.100. The van der Waals surface area contributed by atoms with Crippen LogP contribution in [0.15, 0.2) is 24.4 Å². The molecule has 0 radical (unpaired) electrons. The van der Waals surface area contributed by atoms with Crippen molar-refractivity contribution in [1.82, 2.24) is 9.59 Å². The van der Waals surface area contributed by atoms with E-state index in [9.17, 15) is 18.0 Å². The van der Waals surface area contributed by atoms with Crippen LogP contribution in [0, 0.1) is 0 Å². The number of aromatic nitrogens is 2. The van der Waals surface area contributed by atoms with Gasteiger partial charge in [-0.25, -0.2) is 0 Å². The number of benzene rings is 1. The van der Waals surface area contributed by atoms with E-state index in [0.29, 0.717) is 0 Å². The number of alkyl halides is 3. The number of carbonyl (C=O) groups is 1. The lowest BCUT2D eigenvalue weighted by atomic mass is 10.1. The maximum atomic E-state index is 12.4. The Morgan fingerprint density at radius 2 is 2.11 bits per heavy atom. The summed E-state index contributed by atoms with van der Waals surface area (Å²) in [5, 5.41) is 5.87. The molecule has 1 aromatic heterocycles. The highest BCUT2D eigenvalue weighted by molar-refractivity contribution is 7.07. The molecular weight excluding hydrogens is 281 g/mol. The summed E-state index contributed by atoms with van der Waals surface area (Å²) in [5.74, 6) is -0.526. The first kappa shape index (κ1) is 13.3. The predicted octanol–water partition coefficient (Wildman–Crippen LogP) is 2.39. The number of nitrogens with zero attached hydrogens (tertiary/aromatic N) is 2. The quantitative estimate of drug-likeness (QED) is 0.831. The number of halogens is 3. The van der Waals surface area contributed by atoms with Gasteiger partial charge in [-0.05, 0) is 29.7 Å². The molecule has 1 heterocycles. The third-order valence-electron chi connectivity index (χ3n) is 2.21. The lowest BCUT2D eigenvalue weighted by molar-refractivity contribution is -0.137. The topological polar surface area (TPSA) is 80.9 Å². The molecule has 1 aromatic carbocycles. The zero-order valence-corrected chi connectivity index (χ0v) is 10.0. The number of anilines is 2. The van der Waals surface area contributed by atoms with Crippen molar-refractivity contribution in [3.63, 3.8) is 0 Å². The minimum Gasteiger partial charge on any atom is -0.397 e. The first-order valence-electron chi connectivity index (χ1n) is 4.93. The maximum Gasteiger partial charge on any atom is 0.416 e. The monoisotopic (exact) mass is 288 g/mol. The molecule has 3 N–H and O–H groups in total. The van der Waals surface area contributed by atoms with Gasteiger partial charge in [-0.1, -0.05) is 4.49 Å². The highest BCUT2D eigenvalue weighted by Gasteiger charge is 2.30. The molecule has 0 aliphatic heterocycles. The number of nitrogens with one attached hydrogen (secondary N) is 1. The van der Waals surface area contributed by atoms with Gasteiger partial charge in [0.25, 0.3) is 5.91 Å². The third kappa shape index (κ3) is 2.99. The molecule has 2 aromatic rings. The van der Waals surface area contributed by atoms with Crippen LogP contribution in [0.1, 0.15) is 15.2 Å². The van der Waals surface area contributed by atoms with Crippen molar-refractivity contribution in [2.75, 3.05) is 11.1 Å². The fourth-order valence-corrected chi connectivity index (χ4v) is 1.71. The Labute approximate surface area is 109 Å². The van der Waals surface area contributed by atoms with Crippen LogP contribution < -0.4 is 11.1 Å². The normalized spacial score (nSPS) is 11.3. The average Bonchev–Trinajstić information content (AvgIpc) is 2.84. The van der Waals surface area contributed by atoms with E-state index in [1.54, 1.807) is 0 Å². The van der Waals surface area contributed by atoms with E-state index in [1.165, 1.54) is 6.20 Å². The first-order valence-corrected chi connectivity index (χ1v) is 5.70. The molecule has 0 aliphatic carbocycles. The van der Waals surface area contributed by atoms with Gasteiger partial charge >= 0.3 is 6.18 Å². The fourth-order valence-electron chi connectivity index (χ4n) is 1.30. The summed E-state index contributed by atoms with van der Waals surface area (Å²) >= 11 is 0.870. The Bertz CT molecular complexity index is 597. The smallest absolute Gasteiger partial charge is 0.397 e. The largest absolute Gasteiger partial charge is 0.416 e. The standard InChI is InChI=1S/C10H7F3N4OS/c11-10(12,13)5-1-2-7(6(14)3-5)16-9(18)8-4-15-17-19-8/h1-4H,14H2,(H,16,18). The molecular formula is C10H7F3N4OS. The van der Waals surface area contributed by atoms with Gasteiger partial charge in [0.15, 0.2) is 0 Å². The van der Waals surface area contributed by atoms with Gasteiger partial charge in [0.05, 0.1) is 23.1 Å². The van der Waals surface area contributed by atoms with E-state index >= 15 is 0 Å². The second-order valence-corrected chi connectivity index (χ2v) is 4.32. The van der Waals surface area contributed by atoms with Crippen molar-refractivity contribution in [3.05, 3.63) is 34.8 Å². The summed E-state index contributed by atoms with van der Waals surface area (Å²) in [6.07, 6.45) is -3.22. The molecule has 0 atom stereocenters. The Kier molecular flexibility index (Phi) is 3.38. The van der Waals surface area contributed by atoms with E-state index in [1.807, 2.05) is 0 Å². The van der Waals surface area contributed by atoms with Gasteiger partial charge in [0.2, 0.25) is 0 Å². The van der Waals surface area contributed by atoms with Crippen LogP contribution in [0.3, 0.4) is 0 Å². The zero-order chi connectivity index (χ0) is 14.0. The molecule has 5 nitrogen and oxygen atoms in total. The van der Waals surface area contributed by atoms with Gasteiger partial charge in [-0.15, -0.1) is 5.10 Å². The molecule has 9 heteroatoms. The van der Waals surface area contributed by atoms with Crippen LogP contribution in [0.2, 0.25) is 0 Å². The summed E-state index contributed by atoms with van der Waals surface area (Å²) in [7, 11) is 0. The highest BCUT2D eigenvalue weighted by Crippen LogP contribution is 2.32. The molecule has 19 heavy (non-hydrogen) atoms. The second kappa shape index (κ2) is 4.84. The lowest BCUT2D eigenvalue weighted by Crippen LogP contribution is -2.13. The number of hydrogen-bond acceptors (Lipinski definition) is 5. The molecule has 0 spiro atoms. The van der Waals surface area contributed by atoms with Crippen LogP contribution in [0.25, 0.3) is 0 Å². The Hall–Kier alpha value is -2.16. The molecule has 2 rings (SSSR count). The van der Waals surface area contributed by atoms with Crippen molar-refractivity contribution in [2.45, 2.75) is 6.18 Å². The summed E-state index contributed by atoms with van der Waals surface area (Å²) < 4.78 is 40.8. The average molecular weight is 288 g/mol. The van der Waals surface area contributed by atoms with Crippen LogP contribution in [0.5, 0.6) is 0 Å². The van der Waals surface area contributed by atoms with Crippen molar-refractivity contribution in [2.24, 2.45) is 0 Å². The Morgan fingerprint density at radius 3 is 2.63 bits per heavy atom. The number of hydrogen-bond donors (Lipinski definition) is 2. The van der Waals surface area contributed by atoms with E-state index in [2.05, 4.69) is 14.9 Å². The molecule has 100 valence electrons. The predicted molar refractivity (Wildman–Crippen MR) is 63.7 cm³/mol. The van der Waals surface area contributed by atoms with Gasteiger partial charge in [-0.3, -0.25) is 4.79 Å². The van der Waals surface area contributed by atoms with Crippen LogP contribution in [-0.2, 0) is 6.18 Å². The third-order valence-corrected chi connectivity index (χ3v) is 2.88. The summed E-state index contributed by atoms with van der Waals surface area (Å²) in [6, 6.07) is 2.71. The molecule has 0 bridgehead atoms. The van der Waals surface area contributed by atoms with Crippen molar-refractivity contribution >= 4 is 28.8 Å². The van der Waals surface area contributed by atoms with E-state index in [-0.39, 0.29) is 16.3 Å². The molecule has 0 saturated heterocycles. The molecule has 0 fully saturated rings. The van der Waals surface area contributed by atoms with Crippen molar-refractivity contribution in [3.8, 4) is 0 Å². The minimum atomic E-state index is -4.47. The van der Waals surface area contributed by atoms with Gasteiger partial charge in [0.1, 0.15) is 4.88 Å². The maximum absolute atomic E-state index is 12.4. The summed E-state index contributed by atoms with van der Waals surface area (Å²) in [5.41, 5.74) is 4.54. The number of amides is 1. The number of carbonyl (C=O) groups excluding carboxylic acids is 1. The van der Waals surface area contributed by atoms with Crippen LogP contribution >= 0.6 is 11.5 Å². The van der Waals surface area contributed by atoms with Gasteiger partial charge in [0, 0.05) is 0 Å². The van der Waals surface area contributed by atoms with Gasteiger partial charge < -0.3 is 11.1 Å². The summed E-state index contributed by atoms with van der Waals surface area (Å²) in [4.78, 5) is 11.9. The minimum absolute atomic E-state index is 0.103. The first-order chi connectivity index (χ1) is 8.88. The van der Waals surface area contributed by atoms with Crippen molar-refractivity contribution < 1.29 is 18.0 Å². The second-order valence-electron chi connectivity index (χ2n) is 3.54. The Balaban J connectivity index is 2.21.